The molecule has 7 heteroatoms. The van der Waals surface area contributed by atoms with Crippen LogP contribution in [0.25, 0.3) is 0 Å². The number of aryl methyl sites for hydroxylation is 1. The molecule has 1 aliphatic rings. The summed E-state index contributed by atoms with van der Waals surface area (Å²) in [5, 5.41) is 5.48. The summed E-state index contributed by atoms with van der Waals surface area (Å²) in [7, 11) is 0. The Balaban J connectivity index is 1.47. The molecule has 0 aromatic heterocycles. The molecule has 2 amide bonds. The Morgan fingerprint density at radius 1 is 1.00 bits per heavy atom. The minimum absolute atomic E-state index is 0.213. The summed E-state index contributed by atoms with van der Waals surface area (Å²) in [5.41, 5.74) is 1.64. The summed E-state index contributed by atoms with van der Waals surface area (Å²) in [6.45, 7) is 1.11. The zero-order valence-corrected chi connectivity index (χ0v) is 15.6. The maximum absolute atomic E-state index is 12.2. The first-order valence-electron chi connectivity index (χ1n) is 9.06. The van der Waals surface area contributed by atoms with Crippen molar-refractivity contribution >= 4 is 23.5 Å². The average Bonchev–Trinajstić information content (AvgIpc) is 3.50. The highest BCUT2D eigenvalue weighted by atomic mass is 16.6. The molecule has 0 unspecified atom stereocenters. The molecular formula is C21H22N2O5. The maximum atomic E-state index is 12.2. The van der Waals surface area contributed by atoms with Crippen molar-refractivity contribution in [1.82, 2.24) is 5.32 Å². The van der Waals surface area contributed by atoms with Crippen LogP contribution < -0.4 is 15.4 Å². The van der Waals surface area contributed by atoms with Gasteiger partial charge in [0, 0.05) is 6.04 Å². The van der Waals surface area contributed by atoms with Crippen molar-refractivity contribution in [3.8, 4) is 5.75 Å². The van der Waals surface area contributed by atoms with E-state index in [9.17, 15) is 14.4 Å². The third kappa shape index (κ3) is 5.57. The van der Waals surface area contributed by atoms with Gasteiger partial charge in [-0.15, -0.1) is 0 Å². The lowest BCUT2D eigenvalue weighted by atomic mass is 10.1. The Labute approximate surface area is 163 Å². The lowest BCUT2D eigenvalue weighted by Gasteiger charge is -2.12. The standard InChI is InChI=1S/C21H22N2O5/c1-14-6-2-5-9-18(14)27-13-20(25)28-12-19(24)23-17-8-4-3-7-16(17)21(26)22-15-10-11-15/h2-9,15H,10-13H2,1H3,(H,22,26)(H,23,24). The zero-order valence-electron chi connectivity index (χ0n) is 15.6. The number of hydrogen-bond donors (Lipinski definition) is 2. The highest BCUT2D eigenvalue weighted by Gasteiger charge is 2.25. The summed E-state index contributed by atoms with van der Waals surface area (Å²) < 4.78 is 10.3. The van der Waals surface area contributed by atoms with Crippen molar-refractivity contribution in [2.45, 2.75) is 25.8 Å². The van der Waals surface area contributed by atoms with Crippen LogP contribution in [0.1, 0.15) is 28.8 Å². The molecule has 0 aliphatic heterocycles. The smallest absolute Gasteiger partial charge is 0.344 e. The van der Waals surface area contributed by atoms with E-state index in [1.807, 2.05) is 19.1 Å². The number of carbonyl (C=O) groups excluding carboxylic acids is 3. The van der Waals surface area contributed by atoms with Gasteiger partial charge in [-0.1, -0.05) is 30.3 Å². The summed E-state index contributed by atoms with van der Waals surface area (Å²) in [6, 6.07) is 14.2. The predicted octanol–water partition coefficient (Wildman–Crippen LogP) is 2.45. The normalized spacial score (nSPS) is 12.8. The van der Waals surface area contributed by atoms with Crippen molar-refractivity contribution in [2.75, 3.05) is 18.5 Å². The van der Waals surface area contributed by atoms with E-state index in [1.165, 1.54) is 0 Å². The molecule has 0 spiro atoms. The molecule has 1 fully saturated rings. The number of amides is 2. The monoisotopic (exact) mass is 382 g/mol. The molecule has 2 aromatic rings. The molecule has 0 atom stereocenters. The van der Waals surface area contributed by atoms with Crippen LogP contribution >= 0.6 is 0 Å². The van der Waals surface area contributed by atoms with Gasteiger partial charge in [0.2, 0.25) is 0 Å². The average molecular weight is 382 g/mol. The van der Waals surface area contributed by atoms with Crippen molar-refractivity contribution in [2.24, 2.45) is 0 Å². The molecule has 7 nitrogen and oxygen atoms in total. The lowest BCUT2D eigenvalue weighted by Crippen LogP contribution is -2.28. The topological polar surface area (TPSA) is 93.7 Å². The number of benzene rings is 2. The van der Waals surface area contributed by atoms with Crippen molar-refractivity contribution in [3.63, 3.8) is 0 Å². The molecule has 3 rings (SSSR count). The number of rotatable bonds is 8. The molecule has 2 N–H and O–H groups in total. The van der Waals surface area contributed by atoms with Crippen LogP contribution in [0.15, 0.2) is 48.5 Å². The van der Waals surface area contributed by atoms with E-state index in [-0.39, 0.29) is 18.6 Å². The number of ether oxygens (including phenoxy) is 2. The number of esters is 1. The summed E-state index contributed by atoms with van der Waals surface area (Å²) in [6.07, 6.45) is 1.95. The van der Waals surface area contributed by atoms with Gasteiger partial charge in [0.1, 0.15) is 5.75 Å². The highest BCUT2D eigenvalue weighted by molar-refractivity contribution is 6.04. The summed E-state index contributed by atoms with van der Waals surface area (Å²) in [4.78, 5) is 36.1. The number of carbonyl (C=O) groups is 3. The fourth-order valence-corrected chi connectivity index (χ4v) is 2.51. The van der Waals surface area contributed by atoms with Crippen LogP contribution in [0.2, 0.25) is 0 Å². The molecule has 0 bridgehead atoms. The van der Waals surface area contributed by atoms with Crippen LogP contribution in [0.5, 0.6) is 5.75 Å². The number of para-hydroxylation sites is 2. The zero-order chi connectivity index (χ0) is 19.9. The second-order valence-corrected chi connectivity index (χ2v) is 6.56. The van der Waals surface area contributed by atoms with Gasteiger partial charge in [-0.05, 0) is 43.5 Å². The van der Waals surface area contributed by atoms with Crippen LogP contribution in [0.4, 0.5) is 5.69 Å². The molecule has 0 radical (unpaired) electrons. The molecule has 0 saturated heterocycles. The fraction of sp³-hybridized carbons (Fsp3) is 0.286. The first-order valence-corrected chi connectivity index (χ1v) is 9.06. The number of nitrogens with one attached hydrogen (secondary N) is 2. The van der Waals surface area contributed by atoms with Gasteiger partial charge < -0.3 is 20.1 Å². The van der Waals surface area contributed by atoms with Crippen molar-refractivity contribution < 1.29 is 23.9 Å². The molecule has 28 heavy (non-hydrogen) atoms. The van der Waals surface area contributed by atoms with E-state index in [2.05, 4.69) is 10.6 Å². The van der Waals surface area contributed by atoms with Gasteiger partial charge in [-0.25, -0.2) is 4.79 Å². The fourth-order valence-electron chi connectivity index (χ4n) is 2.51. The summed E-state index contributed by atoms with van der Waals surface area (Å²) >= 11 is 0. The Kier molecular flexibility index (Phi) is 6.26. The molecule has 0 heterocycles. The molecule has 1 aliphatic carbocycles. The predicted molar refractivity (Wildman–Crippen MR) is 103 cm³/mol. The maximum Gasteiger partial charge on any atom is 0.344 e. The third-order valence-electron chi connectivity index (χ3n) is 4.16. The van der Waals surface area contributed by atoms with Crippen LogP contribution in [-0.4, -0.2) is 37.0 Å². The minimum atomic E-state index is -0.654. The highest BCUT2D eigenvalue weighted by Crippen LogP contribution is 2.21. The van der Waals surface area contributed by atoms with Gasteiger partial charge in [-0.2, -0.15) is 0 Å². The number of anilines is 1. The van der Waals surface area contributed by atoms with Crippen molar-refractivity contribution in [1.29, 1.82) is 0 Å². The van der Waals surface area contributed by atoms with Gasteiger partial charge in [-0.3, -0.25) is 9.59 Å². The largest absolute Gasteiger partial charge is 0.482 e. The second-order valence-electron chi connectivity index (χ2n) is 6.56. The van der Waals surface area contributed by atoms with E-state index < -0.39 is 18.5 Å². The minimum Gasteiger partial charge on any atom is -0.482 e. The van der Waals surface area contributed by atoms with Gasteiger partial charge in [0.25, 0.3) is 11.8 Å². The molecule has 146 valence electrons. The Hall–Kier alpha value is -3.35. The number of hydrogen-bond acceptors (Lipinski definition) is 5. The summed E-state index contributed by atoms with van der Waals surface area (Å²) in [5.74, 6) is -0.837. The SMILES string of the molecule is Cc1ccccc1OCC(=O)OCC(=O)Nc1ccccc1C(=O)NC1CC1. The first kappa shape index (κ1) is 19.4. The van der Waals surface area contributed by atoms with Crippen LogP contribution in [0, 0.1) is 6.92 Å². The van der Waals surface area contributed by atoms with Gasteiger partial charge in [0.05, 0.1) is 11.3 Å². The first-order chi connectivity index (χ1) is 13.5. The van der Waals surface area contributed by atoms with Gasteiger partial charge >= 0.3 is 5.97 Å². The second kappa shape index (κ2) is 9.03. The third-order valence-corrected chi connectivity index (χ3v) is 4.16. The molecule has 2 aromatic carbocycles. The van der Waals surface area contributed by atoms with E-state index in [0.717, 1.165) is 18.4 Å². The van der Waals surface area contributed by atoms with E-state index in [4.69, 9.17) is 9.47 Å². The van der Waals surface area contributed by atoms with Gasteiger partial charge in [0.15, 0.2) is 13.2 Å². The lowest BCUT2D eigenvalue weighted by molar-refractivity contribution is -0.149. The quantitative estimate of drug-likeness (QED) is 0.684. The Morgan fingerprint density at radius 3 is 2.46 bits per heavy atom. The molecule has 1 saturated carbocycles. The van der Waals surface area contributed by atoms with E-state index in [1.54, 1.807) is 36.4 Å². The Bertz CT molecular complexity index is 877. The van der Waals surface area contributed by atoms with E-state index in [0.29, 0.717) is 17.0 Å². The molecular weight excluding hydrogens is 360 g/mol. The Morgan fingerprint density at radius 2 is 1.71 bits per heavy atom. The van der Waals surface area contributed by atoms with Crippen molar-refractivity contribution in [3.05, 3.63) is 59.7 Å². The van der Waals surface area contributed by atoms with Crippen LogP contribution in [-0.2, 0) is 14.3 Å². The van der Waals surface area contributed by atoms with E-state index >= 15 is 0 Å². The van der Waals surface area contributed by atoms with Crippen LogP contribution in [0.3, 0.4) is 0 Å².